The molecule has 15 heavy (non-hydrogen) atoms. The van der Waals surface area contributed by atoms with Crippen LogP contribution < -0.4 is 5.32 Å². The van der Waals surface area contributed by atoms with Gasteiger partial charge in [0.25, 0.3) is 0 Å². The molecule has 2 nitrogen and oxygen atoms in total. The second kappa shape index (κ2) is 7.24. The summed E-state index contributed by atoms with van der Waals surface area (Å²) in [6.45, 7) is 9.60. The Morgan fingerprint density at radius 1 is 1.27 bits per heavy atom. The molecule has 0 aromatic heterocycles. The minimum atomic E-state index is 0.800. The summed E-state index contributed by atoms with van der Waals surface area (Å²) in [7, 11) is 2.25. The molecule has 1 aliphatic heterocycles. The first-order valence-corrected chi connectivity index (χ1v) is 6.57. The number of hydrogen-bond acceptors (Lipinski definition) is 2. The van der Waals surface area contributed by atoms with E-state index in [0.717, 1.165) is 11.8 Å². The van der Waals surface area contributed by atoms with Crippen molar-refractivity contribution >= 4 is 0 Å². The van der Waals surface area contributed by atoms with E-state index in [-0.39, 0.29) is 0 Å². The summed E-state index contributed by atoms with van der Waals surface area (Å²) in [5.41, 5.74) is 0. The molecule has 0 aliphatic carbocycles. The molecule has 90 valence electrons. The van der Waals surface area contributed by atoms with Gasteiger partial charge in [0.2, 0.25) is 0 Å². The van der Waals surface area contributed by atoms with Crippen molar-refractivity contribution < 1.29 is 0 Å². The number of piperidine rings is 1. The van der Waals surface area contributed by atoms with Gasteiger partial charge in [0.05, 0.1) is 0 Å². The van der Waals surface area contributed by atoms with E-state index in [1.54, 1.807) is 0 Å². The summed E-state index contributed by atoms with van der Waals surface area (Å²) in [6.07, 6.45) is 5.61. The molecule has 1 saturated heterocycles. The van der Waals surface area contributed by atoms with Gasteiger partial charge in [0.1, 0.15) is 0 Å². The van der Waals surface area contributed by atoms with Crippen LogP contribution in [0.15, 0.2) is 0 Å². The highest BCUT2D eigenvalue weighted by Crippen LogP contribution is 2.17. The summed E-state index contributed by atoms with van der Waals surface area (Å²) >= 11 is 0. The maximum absolute atomic E-state index is 3.43. The van der Waals surface area contributed by atoms with Gasteiger partial charge in [0.15, 0.2) is 0 Å². The van der Waals surface area contributed by atoms with Crippen LogP contribution in [0.2, 0.25) is 0 Å². The summed E-state index contributed by atoms with van der Waals surface area (Å²) in [4.78, 5) is 2.48. The van der Waals surface area contributed by atoms with E-state index < -0.39 is 0 Å². The highest BCUT2D eigenvalue weighted by atomic mass is 15.1. The average molecular weight is 212 g/mol. The van der Waals surface area contributed by atoms with Crippen LogP contribution in [0.5, 0.6) is 0 Å². The standard InChI is InChI=1S/C13H28N2/c1-12(2)11-15(3)10-4-5-13-6-8-14-9-7-13/h12-14H,4-11H2,1-3H3. The minimum Gasteiger partial charge on any atom is -0.317 e. The van der Waals surface area contributed by atoms with Gasteiger partial charge in [-0.15, -0.1) is 0 Å². The molecule has 1 fully saturated rings. The summed E-state index contributed by atoms with van der Waals surface area (Å²) in [6, 6.07) is 0. The van der Waals surface area contributed by atoms with Crippen LogP contribution in [0.4, 0.5) is 0 Å². The number of hydrogen-bond donors (Lipinski definition) is 1. The highest BCUT2D eigenvalue weighted by molar-refractivity contribution is 4.69. The smallest absolute Gasteiger partial charge is 0.000133 e. The Kier molecular flexibility index (Phi) is 6.26. The van der Waals surface area contributed by atoms with Gasteiger partial charge in [-0.3, -0.25) is 0 Å². The third kappa shape index (κ3) is 6.16. The van der Waals surface area contributed by atoms with Crippen molar-refractivity contribution in [2.24, 2.45) is 11.8 Å². The summed E-state index contributed by atoms with van der Waals surface area (Å²) in [5.74, 6) is 1.80. The van der Waals surface area contributed by atoms with Gasteiger partial charge in [-0.25, -0.2) is 0 Å². The lowest BCUT2D eigenvalue weighted by Crippen LogP contribution is -2.29. The third-order valence-electron chi connectivity index (χ3n) is 3.29. The van der Waals surface area contributed by atoms with E-state index >= 15 is 0 Å². The van der Waals surface area contributed by atoms with E-state index in [9.17, 15) is 0 Å². The van der Waals surface area contributed by atoms with Crippen LogP contribution in [-0.2, 0) is 0 Å². The summed E-state index contributed by atoms with van der Waals surface area (Å²) < 4.78 is 0. The molecule has 1 N–H and O–H groups in total. The molecule has 0 unspecified atom stereocenters. The van der Waals surface area contributed by atoms with Gasteiger partial charge in [-0.05, 0) is 64.2 Å². The topological polar surface area (TPSA) is 15.3 Å². The lowest BCUT2D eigenvalue weighted by molar-refractivity contribution is 0.269. The number of nitrogens with zero attached hydrogens (tertiary/aromatic N) is 1. The van der Waals surface area contributed by atoms with Crippen LogP contribution in [0, 0.1) is 11.8 Å². The molecule has 2 heteroatoms. The van der Waals surface area contributed by atoms with Gasteiger partial charge in [0, 0.05) is 6.54 Å². The zero-order chi connectivity index (χ0) is 11.1. The monoisotopic (exact) mass is 212 g/mol. The van der Waals surface area contributed by atoms with E-state index in [0.29, 0.717) is 0 Å². The van der Waals surface area contributed by atoms with Gasteiger partial charge in [-0.1, -0.05) is 13.8 Å². The first-order valence-electron chi connectivity index (χ1n) is 6.57. The van der Waals surface area contributed by atoms with Gasteiger partial charge < -0.3 is 10.2 Å². The molecule has 0 saturated carbocycles. The Morgan fingerprint density at radius 3 is 2.53 bits per heavy atom. The third-order valence-corrected chi connectivity index (χ3v) is 3.29. The highest BCUT2D eigenvalue weighted by Gasteiger charge is 2.12. The number of rotatable bonds is 6. The van der Waals surface area contributed by atoms with Crippen LogP contribution in [0.1, 0.15) is 39.5 Å². The predicted octanol–water partition coefficient (Wildman–Crippen LogP) is 2.35. The lowest BCUT2D eigenvalue weighted by atomic mass is 9.93. The Balaban J connectivity index is 1.99. The molecule has 1 aliphatic rings. The average Bonchev–Trinajstić information content (AvgIpc) is 2.18. The fourth-order valence-corrected chi connectivity index (χ4v) is 2.53. The molecule has 0 spiro atoms. The lowest BCUT2D eigenvalue weighted by Gasteiger charge is -2.24. The molecular formula is C13H28N2. The van der Waals surface area contributed by atoms with Crippen LogP contribution in [0.3, 0.4) is 0 Å². The quantitative estimate of drug-likeness (QED) is 0.727. The first kappa shape index (κ1) is 13.0. The Bertz CT molecular complexity index is 151. The normalized spacial score (nSPS) is 19.0. The SMILES string of the molecule is CC(C)CN(C)CCCC1CCNCC1. The van der Waals surface area contributed by atoms with E-state index in [4.69, 9.17) is 0 Å². The second-order valence-electron chi connectivity index (χ2n) is 5.49. The maximum Gasteiger partial charge on any atom is 0.000133 e. The Hall–Kier alpha value is -0.0800. The first-order chi connectivity index (χ1) is 7.18. The molecule has 0 atom stereocenters. The fraction of sp³-hybridized carbons (Fsp3) is 1.00. The van der Waals surface area contributed by atoms with E-state index in [1.807, 2.05) is 0 Å². The van der Waals surface area contributed by atoms with E-state index in [2.05, 4.69) is 31.1 Å². The fourth-order valence-electron chi connectivity index (χ4n) is 2.53. The summed E-state index contributed by atoms with van der Waals surface area (Å²) in [5, 5.41) is 3.43. The Labute approximate surface area is 95.4 Å². The van der Waals surface area contributed by atoms with Crippen molar-refractivity contribution in [1.82, 2.24) is 10.2 Å². The van der Waals surface area contributed by atoms with Crippen LogP contribution in [-0.4, -0.2) is 38.1 Å². The van der Waals surface area contributed by atoms with Crippen molar-refractivity contribution in [3.8, 4) is 0 Å². The maximum atomic E-state index is 3.43. The minimum absolute atomic E-state index is 0.800. The molecule has 1 heterocycles. The van der Waals surface area contributed by atoms with Crippen molar-refractivity contribution in [3.63, 3.8) is 0 Å². The van der Waals surface area contributed by atoms with E-state index in [1.165, 1.54) is 51.9 Å². The van der Waals surface area contributed by atoms with Crippen LogP contribution >= 0.6 is 0 Å². The van der Waals surface area contributed by atoms with Gasteiger partial charge >= 0.3 is 0 Å². The zero-order valence-electron chi connectivity index (χ0n) is 10.8. The molecule has 0 radical (unpaired) electrons. The predicted molar refractivity (Wildman–Crippen MR) is 67.2 cm³/mol. The second-order valence-corrected chi connectivity index (χ2v) is 5.49. The van der Waals surface area contributed by atoms with Crippen molar-refractivity contribution in [1.29, 1.82) is 0 Å². The van der Waals surface area contributed by atoms with Crippen LogP contribution in [0.25, 0.3) is 0 Å². The Morgan fingerprint density at radius 2 is 1.93 bits per heavy atom. The van der Waals surface area contributed by atoms with Gasteiger partial charge in [-0.2, -0.15) is 0 Å². The van der Waals surface area contributed by atoms with Crippen molar-refractivity contribution in [2.45, 2.75) is 39.5 Å². The molecular weight excluding hydrogens is 184 g/mol. The molecule has 1 rings (SSSR count). The van der Waals surface area contributed by atoms with Crippen molar-refractivity contribution in [3.05, 3.63) is 0 Å². The molecule has 0 bridgehead atoms. The number of nitrogens with one attached hydrogen (secondary N) is 1. The largest absolute Gasteiger partial charge is 0.317 e. The zero-order valence-corrected chi connectivity index (χ0v) is 10.8. The molecule has 0 amide bonds. The molecule has 0 aromatic rings. The molecule has 0 aromatic carbocycles. The van der Waals surface area contributed by atoms with Crippen molar-refractivity contribution in [2.75, 3.05) is 33.2 Å².